The molecule has 0 unspecified atom stereocenters. The zero-order valence-electron chi connectivity index (χ0n) is 15.9. The molecule has 0 aliphatic heterocycles. The van der Waals surface area contributed by atoms with E-state index in [1.54, 1.807) is 57.2 Å². The molecule has 0 bridgehead atoms. The van der Waals surface area contributed by atoms with Crippen molar-refractivity contribution >= 4 is 17.6 Å². The van der Waals surface area contributed by atoms with Crippen LogP contribution in [0.5, 0.6) is 0 Å². The van der Waals surface area contributed by atoms with Gasteiger partial charge in [0.1, 0.15) is 5.60 Å². The fraction of sp³-hybridized carbons (Fsp3) is 0.286. The maximum atomic E-state index is 12.7. The molecule has 0 fully saturated rings. The van der Waals surface area contributed by atoms with Gasteiger partial charge in [-0.3, -0.25) is 4.79 Å². The van der Waals surface area contributed by atoms with Gasteiger partial charge in [-0.1, -0.05) is 48.0 Å². The molecule has 1 amide bonds. The Morgan fingerprint density at radius 3 is 2.15 bits per heavy atom. The van der Waals surface area contributed by atoms with E-state index < -0.39 is 23.5 Å². The Hall–Kier alpha value is -3.24. The summed E-state index contributed by atoms with van der Waals surface area (Å²) in [6.07, 6.45) is 0. The predicted octanol–water partition coefficient (Wildman–Crippen LogP) is 3.48. The predicted molar refractivity (Wildman–Crippen MR) is 102 cm³/mol. The smallest absolute Gasteiger partial charge is 0.420 e. The van der Waals surface area contributed by atoms with E-state index in [1.165, 1.54) is 0 Å². The van der Waals surface area contributed by atoms with Crippen molar-refractivity contribution < 1.29 is 19.1 Å². The number of aryl methyl sites for hydroxylation is 1. The van der Waals surface area contributed by atoms with Gasteiger partial charge in [0.15, 0.2) is 6.04 Å². The van der Waals surface area contributed by atoms with Crippen LogP contribution in [0.1, 0.15) is 48.3 Å². The SMILES string of the molecule is Cc1ccc(C(=O)N[C@H](C(=[N+]=[N-])C(=O)OC(C)(C)C)c2ccccc2)cc1. The standard InChI is InChI=1S/C21H23N3O3/c1-14-10-12-16(13-11-14)19(25)23-17(15-8-6-5-7-9-15)18(24-22)20(26)27-21(2,3)4/h5-13,17H,1-4H3,(H,23,25)/t17-/m0/s1. The third-order valence-corrected chi connectivity index (χ3v) is 3.71. The molecule has 0 radical (unpaired) electrons. The Kier molecular flexibility index (Phi) is 6.27. The van der Waals surface area contributed by atoms with E-state index in [4.69, 9.17) is 4.74 Å². The average Bonchev–Trinajstić information content (AvgIpc) is 2.61. The molecule has 2 rings (SSSR count). The molecule has 0 spiro atoms. The van der Waals surface area contributed by atoms with Gasteiger partial charge in [-0.05, 0) is 45.4 Å². The van der Waals surface area contributed by atoms with E-state index in [-0.39, 0.29) is 5.71 Å². The zero-order chi connectivity index (χ0) is 20.0. The lowest BCUT2D eigenvalue weighted by atomic mass is 10.0. The lowest BCUT2D eigenvalue weighted by Gasteiger charge is -2.20. The van der Waals surface area contributed by atoms with Gasteiger partial charge in [-0.15, -0.1) is 0 Å². The lowest BCUT2D eigenvalue weighted by molar-refractivity contribution is -0.151. The Morgan fingerprint density at radius 2 is 1.63 bits per heavy atom. The molecule has 0 aliphatic rings. The molecule has 6 heteroatoms. The Balaban J connectivity index is 2.36. The van der Waals surface area contributed by atoms with Crippen LogP contribution in [0.3, 0.4) is 0 Å². The van der Waals surface area contributed by atoms with Gasteiger partial charge in [-0.25, -0.2) is 4.79 Å². The van der Waals surface area contributed by atoms with Gasteiger partial charge >= 0.3 is 11.7 Å². The molecule has 1 N–H and O–H groups in total. The third-order valence-electron chi connectivity index (χ3n) is 3.71. The number of hydrogen-bond acceptors (Lipinski definition) is 3. The van der Waals surface area contributed by atoms with E-state index in [9.17, 15) is 15.1 Å². The fourth-order valence-corrected chi connectivity index (χ4v) is 2.42. The number of benzene rings is 2. The molecule has 6 nitrogen and oxygen atoms in total. The maximum absolute atomic E-state index is 12.7. The van der Waals surface area contributed by atoms with Crippen molar-refractivity contribution in [2.75, 3.05) is 0 Å². The van der Waals surface area contributed by atoms with E-state index in [0.717, 1.165) is 5.56 Å². The molecule has 27 heavy (non-hydrogen) atoms. The fourth-order valence-electron chi connectivity index (χ4n) is 2.42. The highest BCUT2D eigenvalue weighted by atomic mass is 16.6. The highest BCUT2D eigenvalue weighted by Crippen LogP contribution is 2.18. The van der Waals surface area contributed by atoms with Crippen LogP contribution in [-0.2, 0) is 9.53 Å². The second kappa shape index (κ2) is 8.43. The number of ether oxygens (including phenoxy) is 1. The third kappa shape index (κ3) is 5.62. The van der Waals surface area contributed by atoms with E-state index in [2.05, 4.69) is 10.1 Å². The summed E-state index contributed by atoms with van der Waals surface area (Å²) < 4.78 is 5.32. The van der Waals surface area contributed by atoms with Crippen molar-refractivity contribution in [1.29, 1.82) is 0 Å². The van der Waals surface area contributed by atoms with Crippen molar-refractivity contribution in [2.24, 2.45) is 0 Å². The van der Waals surface area contributed by atoms with Crippen molar-refractivity contribution in [3.8, 4) is 0 Å². The first-order valence-electron chi connectivity index (χ1n) is 8.59. The maximum Gasteiger partial charge on any atom is 0.420 e. The number of hydrogen-bond donors (Lipinski definition) is 1. The number of carbonyl (C=O) groups excluding carboxylic acids is 2. The Morgan fingerprint density at radius 1 is 1.04 bits per heavy atom. The van der Waals surface area contributed by atoms with Gasteiger partial charge in [0.05, 0.1) is 0 Å². The second-order valence-corrected chi connectivity index (χ2v) is 7.17. The zero-order valence-corrected chi connectivity index (χ0v) is 15.9. The molecule has 2 aromatic carbocycles. The molecular formula is C21H23N3O3. The summed E-state index contributed by atoms with van der Waals surface area (Å²) in [4.78, 5) is 28.3. The van der Waals surface area contributed by atoms with Crippen LogP contribution in [0.2, 0.25) is 0 Å². The Labute approximate surface area is 158 Å². The van der Waals surface area contributed by atoms with Crippen LogP contribution in [0.4, 0.5) is 0 Å². The number of carbonyl (C=O) groups is 2. The molecule has 1 atom stereocenters. The number of nitrogens with one attached hydrogen (secondary N) is 1. The summed E-state index contributed by atoms with van der Waals surface area (Å²) in [5.74, 6) is -1.20. The Bertz CT molecular complexity index is 862. The first kappa shape index (κ1) is 20.1. The molecular weight excluding hydrogens is 342 g/mol. The molecule has 0 aromatic heterocycles. The highest BCUT2D eigenvalue weighted by molar-refractivity contribution is 6.36. The molecule has 0 saturated carbocycles. The van der Waals surface area contributed by atoms with E-state index >= 15 is 0 Å². The number of rotatable bonds is 5. The topological polar surface area (TPSA) is 91.8 Å². The van der Waals surface area contributed by atoms with Gasteiger partial charge in [0.2, 0.25) is 0 Å². The minimum atomic E-state index is -0.958. The minimum absolute atomic E-state index is 0.295. The van der Waals surface area contributed by atoms with Gasteiger partial charge in [0.25, 0.3) is 5.91 Å². The second-order valence-electron chi connectivity index (χ2n) is 7.17. The number of nitrogens with zero attached hydrogens (tertiary/aromatic N) is 2. The average molecular weight is 365 g/mol. The molecule has 0 saturated heterocycles. The number of amides is 1. The van der Waals surface area contributed by atoms with Gasteiger partial charge < -0.3 is 15.6 Å². The summed E-state index contributed by atoms with van der Waals surface area (Å²) in [5, 5.41) is 2.76. The van der Waals surface area contributed by atoms with Crippen LogP contribution in [0.25, 0.3) is 5.53 Å². The first-order chi connectivity index (χ1) is 12.7. The largest absolute Gasteiger partial charge is 0.451 e. The van der Waals surface area contributed by atoms with Crippen LogP contribution < -0.4 is 5.32 Å². The van der Waals surface area contributed by atoms with Crippen molar-refractivity contribution in [1.82, 2.24) is 5.32 Å². The number of esters is 1. The van der Waals surface area contributed by atoms with Crippen LogP contribution in [0, 0.1) is 6.92 Å². The highest BCUT2D eigenvalue weighted by Gasteiger charge is 2.37. The summed E-state index contributed by atoms with van der Waals surface area (Å²) >= 11 is 0. The summed E-state index contributed by atoms with van der Waals surface area (Å²) in [6.45, 7) is 7.06. The first-order valence-corrected chi connectivity index (χ1v) is 8.59. The van der Waals surface area contributed by atoms with Crippen molar-refractivity contribution in [3.63, 3.8) is 0 Å². The van der Waals surface area contributed by atoms with Crippen LogP contribution in [0.15, 0.2) is 54.6 Å². The van der Waals surface area contributed by atoms with Crippen LogP contribution in [-0.4, -0.2) is 28.0 Å². The molecule has 140 valence electrons. The molecule has 0 aliphatic carbocycles. The van der Waals surface area contributed by atoms with Crippen LogP contribution >= 0.6 is 0 Å². The summed E-state index contributed by atoms with van der Waals surface area (Å²) in [7, 11) is 0. The monoisotopic (exact) mass is 365 g/mol. The van der Waals surface area contributed by atoms with E-state index in [1.807, 2.05) is 25.1 Å². The summed E-state index contributed by atoms with van der Waals surface area (Å²) in [5.41, 5.74) is 10.5. The quantitative estimate of drug-likeness (QED) is 0.380. The lowest BCUT2D eigenvalue weighted by Crippen LogP contribution is -2.40. The van der Waals surface area contributed by atoms with Crippen molar-refractivity contribution in [3.05, 3.63) is 76.8 Å². The molecule has 0 heterocycles. The minimum Gasteiger partial charge on any atom is -0.451 e. The van der Waals surface area contributed by atoms with Gasteiger partial charge in [0, 0.05) is 5.56 Å². The normalized spacial score (nSPS) is 11.9. The van der Waals surface area contributed by atoms with Crippen molar-refractivity contribution in [2.45, 2.75) is 39.3 Å². The van der Waals surface area contributed by atoms with E-state index in [0.29, 0.717) is 11.1 Å². The van der Waals surface area contributed by atoms with Gasteiger partial charge in [-0.2, -0.15) is 4.79 Å². The summed E-state index contributed by atoms with van der Waals surface area (Å²) in [6, 6.07) is 14.9. The molecule has 2 aromatic rings.